The van der Waals surface area contributed by atoms with Gasteiger partial charge < -0.3 is 10.3 Å². The van der Waals surface area contributed by atoms with E-state index in [0.29, 0.717) is 46.4 Å². The third-order valence-electron chi connectivity index (χ3n) is 3.70. The second-order valence-corrected chi connectivity index (χ2v) is 6.17. The zero-order valence-electron chi connectivity index (χ0n) is 12.8. The van der Waals surface area contributed by atoms with E-state index in [9.17, 15) is 0 Å². The molecule has 0 saturated carbocycles. The lowest BCUT2D eigenvalue weighted by Crippen LogP contribution is -2.06. The zero-order valence-corrected chi connectivity index (χ0v) is 14.3. The normalized spacial score (nSPS) is 10.9. The van der Waals surface area contributed by atoms with Crippen molar-refractivity contribution in [2.45, 2.75) is 25.8 Å². The maximum Gasteiger partial charge on any atom is 0.165 e. The van der Waals surface area contributed by atoms with Gasteiger partial charge in [0.2, 0.25) is 0 Å². The molecular formula is C17H15Cl2N5. The summed E-state index contributed by atoms with van der Waals surface area (Å²) in [7, 11) is 0. The summed E-state index contributed by atoms with van der Waals surface area (Å²) in [5.41, 5.74) is 8.12. The number of imidazole rings is 1. The van der Waals surface area contributed by atoms with Crippen molar-refractivity contribution in [2.75, 3.05) is 5.73 Å². The van der Waals surface area contributed by atoms with Crippen LogP contribution in [-0.2, 0) is 13.0 Å². The Morgan fingerprint density at radius 1 is 1.25 bits per heavy atom. The number of hydrogen-bond acceptors (Lipinski definition) is 4. The number of benzene rings is 1. The Hall–Kier alpha value is -2.29. The maximum absolute atomic E-state index is 6.28. The van der Waals surface area contributed by atoms with Crippen LogP contribution in [0.25, 0.3) is 11.2 Å². The van der Waals surface area contributed by atoms with Crippen molar-refractivity contribution in [1.29, 1.82) is 0 Å². The minimum atomic E-state index is 0.356. The third-order valence-corrected chi connectivity index (χ3v) is 4.30. The number of halogens is 2. The van der Waals surface area contributed by atoms with E-state index in [2.05, 4.69) is 20.9 Å². The van der Waals surface area contributed by atoms with Crippen LogP contribution in [0.15, 0.2) is 24.5 Å². The van der Waals surface area contributed by atoms with Gasteiger partial charge in [-0.15, -0.1) is 12.3 Å². The quantitative estimate of drug-likeness (QED) is 0.556. The molecule has 1 aromatic carbocycles. The van der Waals surface area contributed by atoms with Gasteiger partial charge in [0.1, 0.15) is 12.2 Å². The number of aryl methyl sites for hydroxylation is 1. The number of hydrogen-bond donors (Lipinski definition) is 1. The third kappa shape index (κ3) is 3.30. The summed E-state index contributed by atoms with van der Waals surface area (Å²) in [6.07, 6.45) is 8.81. The van der Waals surface area contributed by atoms with Crippen LogP contribution in [0.4, 0.5) is 5.82 Å². The Bertz CT molecular complexity index is 927. The van der Waals surface area contributed by atoms with Gasteiger partial charge in [0.15, 0.2) is 17.0 Å². The van der Waals surface area contributed by atoms with Crippen LogP contribution in [0.5, 0.6) is 0 Å². The summed E-state index contributed by atoms with van der Waals surface area (Å²) in [4.78, 5) is 12.9. The standard InChI is InChI=1S/C17H15Cl2N5/c1-2-3-4-7-24-14(9-11-8-12(18)5-6-13(11)19)23-15-16(20)21-10-22-17(15)24/h1,5-6,8,10H,3-4,7,9H2,(H2,20,21,22). The first-order valence-corrected chi connectivity index (χ1v) is 8.18. The molecular weight excluding hydrogens is 345 g/mol. The number of rotatable bonds is 5. The highest BCUT2D eigenvalue weighted by Crippen LogP contribution is 2.25. The van der Waals surface area contributed by atoms with Gasteiger partial charge in [-0.2, -0.15) is 0 Å². The molecule has 24 heavy (non-hydrogen) atoms. The average Bonchev–Trinajstić information content (AvgIpc) is 2.91. The molecule has 2 heterocycles. The Balaban J connectivity index is 2.05. The van der Waals surface area contributed by atoms with Crippen molar-refractivity contribution in [3.05, 3.63) is 46.0 Å². The van der Waals surface area contributed by atoms with Crippen LogP contribution in [0.1, 0.15) is 24.2 Å². The van der Waals surface area contributed by atoms with Gasteiger partial charge >= 0.3 is 0 Å². The van der Waals surface area contributed by atoms with Crippen molar-refractivity contribution >= 4 is 40.2 Å². The fraction of sp³-hybridized carbons (Fsp3) is 0.235. The van der Waals surface area contributed by atoms with Crippen LogP contribution in [-0.4, -0.2) is 19.5 Å². The number of fused-ring (bicyclic) bond motifs is 1. The first-order chi connectivity index (χ1) is 11.6. The van der Waals surface area contributed by atoms with E-state index in [1.165, 1.54) is 6.33 Å². The molecule has 2 N–H and O–H groups in total. The monoisotopic (exact) mass is 359 g/mol. The second kappa shape index (κ2) is 7.08. The van der Waals surface area contributed by atoms with Crippen LogP contribution in [0, 0.1) is 12.3 Å². The molecule has 3 rings (SSSR count). The van der Waals surface area contributed by atoms with E-state index in [1.807, 2.05) is 10.6 Å². The van der Waals surface area contributed by atoms with Crippen molar-refractivity contribution in [3.63, 3.8) is 0 Å². The average molecular weight is 360 g/mol. The predicted molar refractivity (Wildman–Crippen MR) is 97.1 cm³/mol. The van der Waals surface area contributed by atoms with Crippen LogP contribution in [0.2, 0.25) is 10.0 Å². The lowest BCUT2D eigenvalue weighted by Gasteiger charge is -2.09. The maximum atomic E-state index is 6.28. The lowest BCUT2D eigenvalue weighted by molar-refractivity contribution is 0.639. The summed E-state index contributed by atoms with van der Waals surface area (Å²) in [5.74, 6) is 3.81. The molecule has 0 radical (unpaired) electrons. The number of anilines is 1. The van der Waals surface area contributed by atoms with Crippen molar-refractivity contribution in [3.8, 4) is 12.3 Å². The molecule has 0 spiro atoms. The Morgan fingerprint density at radius 3 is 2.88 bits per heavy atom. The fourth-order valence-corrected chi connectivity index (χ4v) is 2.94. The van der Waals surface area contributed by atoms with E-state index >= 15 is 0 Å². The number of nitrogen functional groups attached to an aromatic ring is 1. The predicted octanol–water partition coefficient (Wildman–Crippen LogP) is 3.72. The number of nitrogens with zero attached hydrogens (tertiary/aromatic N) is 4. The minimum absolute atomic E-state index is 0.356. The molecule has 0 aliphatic rings. The minimum Gasteiger partial charge on any atom is -0.382 e. The summed E-state index contributed by atoms with van der Waals surface area (Å²) in [5, 5.41) is 1.27. The molecule has 0 fully saturated rings. The van der Waals surface area contributed by atoms with Crippen LogP contribution < -0.4 is 5.73 Å². The SMILES string of the molecule is C#CCCCn1c(Cc2cc(Cl)ccc2Cl)nc2c(N)ncnc21. The summed E-state index contributed by atoms with van der Waals surface area (Å²) in [6, 6.07) is 5.37. The molecule has 0 aliphatic heterocycles. The number of unbranched alkanes of at least 4 members (excludes halogenated alkanes) is 1. The number of aromatic nitrogens is 4. The second-order valence-electron chi connectivity index (χ2n) is 5.33. The highest BCUT2D eigenvalue weighted by molar-refractivity contribution is 6.33. The van der Waals surface area contributed by atoms with Gasteiger partial charge in [-0.1, -0.05) is 23.2 Å². The summed E-state index contributed by atoms with van der Waals surface area (Å²) < 4.78 is 2.02. The smallest absolute Gasteiger partial charge is 0.165 e. The Labute approximate surface area is 149 Å². The molecule has 2 aromatic heterocycles. The summed E-state index contributed by atoms with van der Waals surface area (Å²) >= 11 is 12.4. The van der Waals surface area contributed by atoms with E-state index < -0.39 is 0 Å². The van der Waals surface area contributed by atoms with Gasteiger partial charge in [0.25, 0.3) is 0 Å². The molecule has 0 atom stereocenters. The molecule has 0 aliphatic carbocycles. The molecule has 5 nitrogen and oxygen atoms in total. The highest BCUT2D eigenvalue weighted by atomic mass is 35.5. The van der Waals surface area contributed by atoms with Crippen molar-refractivity contribution < 1.29 is 0 Å². The first-order valence-electron chi connectivity index (χ1n) is 7.43. The highest BCUT2D eigenvalue weighted by Gasteiger charge is 2.16. The molecule has 0 amide bonds. The molecule has 0 saturated heterocycles. The van der Waals surface area contributed by atoms with Crippen molar-refractivity contribution in [1.82, 2.24) is 19.5 Å². The zero-order chi connectivity index (χ0) is 17.1. The number of nitrogens with two attached hydrogens (primary N) is 1. The molecule has 122 valence electrons. The van der Waals surface area contributed by atoms with E-state index in [1.54, 1.807) is 12.1 Å². The topological polar surface area (TPSA) is 69.6 Å². The van der Waals surface area contributed by atoms with Gasteiger partial charge in [-0.3, -0.25) is 0 Å². The van der Waals surface area contributed by atoms with Gasteiger partial charge in [0.05, 0.1) is 0 Å². The molecule has 0 unspecified atom stereocenters. The first kappa shape index (κ1) is 16.6. The molecule has 0 bridgehead atoms. The van der Waals surface area contributed by atoms with Crippen molar-refractivity contribution in [2.24, 2.45) is 0 Å². The van der Waals surface area contributed by atoms with Gasteiger partial charge in [-0.25, -0.2) is 15.0 Å². The number of terminal acetylenes is 1. The van der Waals surface area contributed by atoms with E-state index in [-0.39, 0.29) is 0 Å². The molecule has 3 aromatic rings. The Morgan fingerprint density at radius 2 is 2.08 bits per heavy atom. The van der Waals surface area contributed by atoms with Gasteiger partial charge in [-0.05, 0) is 30.2 Å². The van der Waals surface area contributed by atoms with Crippen LogP contribution >= 0.6 is 23.2 Å². The Kier molecular flexibility index (Phi) is 4.89. The summed E-state index contributed by atoms with van der Waals surface area (Å²) in [6.45, 7) is 0.699. The van der Waals surface area contributed by atoms with E-state index in [0.717, 1.165) is 17.8 Å². The van der Waals surface area contributed by atoms with Crippen LogP contribution in [0.3, 0.4) is 0 Å². The van der Waals surface area contributed by atoms with E-state index in [4.69, 9.17) is 35.4 Å². The molecule has 7 heteroatoms. The lowest BCUT2D eigenvalue weighted by atomic mass is 10.1. The van der Waals surface area contributed by atoms with Gasteiger partial charge in [0, 0.05) is 29.4 Å². The largest absolute Gasteiger partial charge is 0.382 e. The fourth-order valence-electron chi connectivity index (χ4n) is 2.56.